The Morgan fingerprint density at radius 3 is 2.71 bits per heavy atom. The zero-order valence-electron chi connectivity index (χ0n) is 7.55. The predicted molar refractivity (Wildman–Crippen MR) is 49.8 cm³/mol. The molecular weight excluding hydrogens is 188 g/mol. The van der Waals surface area contributed by atoms with Crippen LogP contribution in [0.25, 0.3) is 0 Å². The molecular formula is C10H9F2NO. The minimum atomic E-state index is -0.789. The summed E-state index contributed by atoms with van der Waals surface area (Å²) in [5.74, 6) is -1.91. The van der Waals surface area contributed by atoms with Gasteiger partial charge in [0.1, 0.15) is 11.6 Å². The number of benzene rings is 1. The highest BCUT2D eigenvalue weighted by molar-refractivity contribution is 5.99. The van der Waals surface area contributed by atoms with Crippen LogP contribution in [0.15, 0.2) is 30.4 Å². The number of amides is 1. The van der Waals surface area contributed by atoms with Gasteiger partial charge in [-0.05, 0) is 25.1 Å². The van der Waals surface area contributed by atoms with Gasteiger partial charge in [-0.3, -0.25) is 4.79 Å². The monoisotopic (exact) mass is 197 g/mol. The lowest BCUT2D eigenvalue weighted by atomic mass is 10.3. The first-order chi connectivity index (χ1) is 6.63. The average Bonchev–Trinajstić information content (AvgIpc) is 2.10. The maximum atomic E-state index is 13.0. The summed E-state index contributed by atoms with van der Waals surface area (Å²) in [5, 5.41) is 2.27. The van der Waals surface area contributed by atoms with Crippen LogP contribution in [0.2, 0.25) is 0 Å². The molecule has 2 nitrogen and oxygen atoms in total. The molecule has 0 bridgehead atoms. The summed E-state index contributed by atoms with van der Waals surface area (Å²) in [6.45, 7) is 1.67. The molecule has 0 aliphatic carbocycles. The van der Waals surface area contributed by atoms with Gasteiger partial charge in [-0.1, -0.05) is 6.08 Å². The van der Waals surface area contributed by atoms with Crippen LogP contribution in [-0.2, 0) is 4.79 Å². The second-order valence-electron chi connectivity index (χ2n) is 2.61. The van der Waals surface area contributed by atoms with Crippen molar-refractivity contribution in [2.45, 2.75) is 6.92 Å². The molecule has 0 spiro atoms. The summed E-state index contributed by atoms with van der Waals surface area (Å²) in [4.78, 5) is 11.0. The Balaban J connectivity index is 2.82. The number of rotatable bonds is 2. The van der Waals surface area contributed by atoms with Crippen molar-refractivity contribution in [2.24, 2.45) is 0 Å². The van der Waals surface area contributed by atoms with Crippen molar-refractivity contribution in [2.75, 3.05) is 5.32 Å². The van der Waals surface area contributed by atoms with E-state index in [0.717, 1.165) is 6.07 Å². The van der Waals surface area contributed by atoms with Gasteiger partial charge in [0.2, 0.25) is 5.91 Å². The van der Waals surface area contributed by atoms with Crippen molar-refractivity contribution < 1.29 is 13.6 Å². The zero-order chi connectivity index (χ0) is 10.6. The summed E-state index contributed by atoms with van der Waals surface area (Å²) in [6, 6.07) is 2.96. The fourth-order valence-electron chi connectivity index (χ4n) is 0.917. The lowest BCUT2D eigenvalue weighted by molar-refractivity contribution is -0.111. The van der Waals surface area contributed by atoms with E-state index in [4.69, 9.17) is 0 Å². The van der Waals surface area contributed by atoms with Crippen LogP contribution in [0.3, 0.4) is 0 Å². The number of hydrogen-bond acceptors (Lipinski definition) is 1. The van der Waals surface area contributed by atoms with Crippen molar-refractivity contribution in [1.29, 1.82) is 0 Å². The first kappa shape index (κ1) is 10.4. The van der Waals surface area contributed by atoms with E-state index in [1.165, 1.54) is 18.2 Å². The van der Waals surface area contributed by atoms with Crippen molar-refractivity contribution in [1.82, 2.24) is 0 Å². The lowest BCUT2D eigenvalue weighted by Gasteiger charge is -2.02. The molecule has 0 aliphatic heterocycles. The Hall–Kier alpha value is -1.71. The smallest absolute Gasteiger partial charge is 0.248 e. The molecule has 0 saturated carbocycles. The quantitative estimate of drug-likeness (QED) is 0.725. The number of halogens is 2. The third kappa shape index (κ3) is 2.65. The van der Waals surface area contributed by atoms with Gasteiger partial charge in [0.15, 0.2) is 0 Å². The molecule has 14 heavy (non-hydrogen) atoms. The highest BCUT2D eigenvalue weighted by Crippen LogP contribution is 2.14. The standard InChI is InChI=1S/C10H9F2NO/c1-2-3-10(14)13-9-5-4-7(11)6-8(9)12/h2-6H,1H3,(H,13,14)/b3-2+. The number of nitrogens with one attached hydrogen (secondary N) is 1. The molecule has 0 heterocycles. The third-order valence-corrected chi connectivity index (χ3v) is 1.51. The van der Waals surface area contributed by atoms with Gasteiger partial charge in [0.25, 0.3) is 0 Å². The molecule has 0 fully saturated rings. The van der Waals surface area contributed by atoms with Crippen molar-refractivity contribution in [3.8, 4) is 0 Å². The van der Waals surface area contributed by atoms with Crippen LogP contribution >= 0.6 is 0 Å². The second-order valence-corrected chi connectivity index (χ2v) is 2.61. The van der Waals surface area contributed by atoms with Gasteiger partial charge < -0.3 is 5.32 Å². The topological polar surface area (TPSA) is 29.1 Å². The molecule has 0 unspecified atom stereocenters. The third-order valence-electron chi connectivity index (χ3n) is 1.51. The van der Waals surface area contributed by atoms with Gasteiger partial charge in [0.05, 0.1) is 5.69 Å². The van der Waals surface area contributed by atoms with Crippen molar-refractivity contribution in [3.05, 3.63) is 42.0 Å². The molecule has 0 radical (unpaired) electrons. The first-order valence-corrected chi connectivity index (χ1v) is 4.02. The first-order valence-electron chi connectivity index (χ1n) is 4.02. The van der Waals surface area contributed by atoms with Crippen LogP contribution in [0.5, 0.6) is 0 Å². The molecule has 1 rings (SSSR count). The molecule has 4 heteroatoms. The summed E-state index contributed by atoms with van der Waals surface area (Å²) in [6.07, 6.45) is 2.78. The Labute approximate surface area is 80.2 Å². The molecule has 1 N–H and O–H groups in total. The van der Waals surface area contributed by atoms with Crippen molar-refractivity contribution in [3.63, 3.8) is 0 Å². The van der Waals surface area contributed by atoms with E-state index < -0.39 is 17.5 Å². The molecule has 0 atom stereocenters. The number of carbonyl (C=O) groups excluding carboxylic acids is 1. The van der Waals surface area contributed by atoms with E-state index in [2.05, 4.69) is 5.32 Å². The second kappa shape index (κ2) is 4.50. The van der Waals surface area contributed by atoms with Gasteiger partial charge in [-0.25, -0.2) is 8.78 Å². The number of allylic oxidation sites excluding steroid dienone is 1. The van der Waals surface area contributed by atoms with E-state index in [1.807, 2.05) is 0 Å². The van der Waals surface area contributed by atoms with Gasteiger partial charge in [-0.2, -0.15) is 0 Å². The van der Waals surface area contributed by atoms with Crippen LogP contribution in [0.1, 0.15) is 6.92 Å². The van der Waals surface area contributed by atoms with E-state index in [9.17, 15) is 13.6 Å². The molecule has 0 aromatic heterocycles. The van der Waals surface area contributed by atoms with Crippen LogP contribution in [0, 0.1) is 11.6 Å². The predicted octanol–water partition coefficient (Wildman–Crippen LogP) is 2.48. The summed E-state index contributed by atoms with van der Waals surface area (Å²) in [7, 11) is 0. The molecule has 0 aliphatic rings. The van der Waals surface area contributed by atoms with E-state index in [-0.39, 0.29) is 5.69 Å². The largest absolute Gasteiger partial charge is 0.320 e. The van der Waals surface area contributed by atoms with Crippen LogP contribution in [-0.4, -0.2) is 5.91 Å². The Morgan fingerprint density at radius 1 is 1.43 bits per heavy atom. The van der Waals surface area contributed by atoms with Gasteiger partial charge in [0, 0.05) is 6.07 Å². The molecule has 1 aromatic carbocycles. The van der Waals surface area contributed by atoms with E-state index >= 15 is 0 Å². The minimum absolute atomic E-state index is 0.0329. The normalized spacial score (nSPS) is 10.5. The molecule has 1 amide bonds. The van der Waals surface area contributed by atoms with Crippen LogP contribution in [0.4, 0.5) is 14.5 Å². The maximum Gasteiger partial charge on any atom is 0.248 e. The highest BCUT2D eigenvalue weighted by Gasteiger charge is 2.04. The van der Waals surface area contributed by atoms with Gasteiger partial charge >= 0.3 is 0 Å². The Kier molecular flexibility index (Phi) is 3.34. The van der Waals surface area contributed by atoms with Gasteiger partial charge in [-0.15, -0.1) is 0 Å². The Morgan fingerprint density at radius 2 is 2.14 bits per heavy atom. The maximum absolute atomic E-state index is 13.0. The SMILES string of the molecule is C/C=C/C(=O)Nc1ccc(F)cc1F. The highest BCUT2D eigenvalue weighted by atomic mass is 19.1. The molecule has 74 valence electrons. The summed E-state index contributed by atoms with van der Waals surface area (Å²) >= 11 is 0. The number of carbonyl (C=O) groups is 1. The van der Waals surface area contributed by atoms with E-state index in [1.54, 1.807) is 6.92 Å². The number of hydrogen-bond donors (Lipinski definition) is 1. The number of anilines is 1. The zero-order valence-corrected chi connectivity index (χ0v) is 7.55. The van der Waals surface area contributed by atoms with Crippen LogP contribution < -0.4 is 5.32 Å². The Bertz CT molecular complexity index is 374. The molecule has 0 saturated heterocycles. The lowest BCUT2D eigenvalue weighted by Crippen LogP contribution is -2.09. The van der Waals surface area contributed by atoms with E-state index in [0.29, 0.717) is 6.07 Å². The summed E-state index contributed by atoms with van der Waals surface area (Å²) < 4.78 is 25.4. The summed E-state index contributed by atoms with van der Waals surface area (Å²) in [5.41, 5.74) is -0.0329. The fraction of sp³-hybridized carbons (Fsp3) is 0.100. The minimum Gasteiger partial charge on any atom is -0.320 e. The van der Waals surface area contributed by atoms with Crippen molar-refractivity contribution >= 4 is 11.6 Å². The fourth-order valence-corrected chi connectivity index (χ4v) is 0.917. The molecule has 1 aromatic rings. The average molecular weight is 197 g/mol.